The summed E-state index contributed by atoms with van der Waals surface area (Å²) < 4.78 is 27.6. The number of fused-ring (bicyclic) bond motifs is 1. The Balaban J connectivity index is 1.39. The van der Waals surface area contributed by atoms with Crippen LogP contribution < -0.4 is 10.6 Å². The highest BCUT2D eigenvalue weighted by Gasteiger charge is 2.21. The van der Waals surface area contributed by atoms with Crippen LogP contribution in [0.5, 0.6) is 0 Å². The van der Waals surface area contributed by atoms with E-state index in [1.54, 1.807) is 60.1 Å². The van der Waals surface area contributed by atoms with Crippen molar-refractivity contribution in [3.63, 3.8) is 0 Å². The lowest BCUT2D eigenvalue weighted by Crippen LogP contribution is -2.33. The number of hydrogen-bond donors (Lipinski definition) is 3. The molecule has 188 valence electrons. The number of thiophene rings is 1. The number of hydrogen-bond acceptors (Lipinski definition) is 6. The number of rotatable bonds is 9. The Kier molecular flexibility index (Phi) is 7.04. The molecule has 5 rings (SSSR count). The molecule has 10 heteroatoms. The van der Waals surface area contributed by atoms with Gasteiger partial charge in [0.1, 0.15) is 0 Å². The molecule has 0 saturated carbocycles. The van der Waals surface area contributed by atoms with Crippen LogP contribution in [-0.4, -0.2) is 35.1 Å². The molecule has 8 nitrogen and oxygen atoms in total. The molecule has 3 heterocycles. The zero-order valence-corrected chi connectivity index (χ0v) is 21.2. The van der Waals surface area contributed by atoms with Gasteiger partial charge in [0.15, 0.2) is 5.65 Å². The van der Waals surface area contributed by atoms with E-state index in [2.05, 4.69) is 15.6 Å². The van der Waals surface area contributed by atoms with Gasteiger partial charge < -0.3 is 15.7 Å². The summed E-state index contributed by atoms with van der Waals surface area (Å²) in [6, 6.07) is 25.5. The van der Waals surface area contributed by atoms with Gasteiger partial charge >= 0.3 is 6.09 Å². The predicted molar refractivity (Wildman–Crippen MR) is 144 cm³/mol. The quantitative estimate of drug-likeness (QED) is 0.243. The number of pyridine rings is 1. The van der Waals surface area contributed by atoms with Gasteiger partial charge in [0.25, 0.3) is 10.0 Å². The second-order valence-electron chi connectivity index (χ2n) is 8.32. The van der Waals surface area contributed by atoms with Gasteiger partial charge in [0.2, 0.25) is 0 Å². The molecular formula is C27H24N4O4S2. The van der Waals surface area contributed by atoms with Crippen LogP contribution in [0.1, 0.15) is 16.5 Å². The van der Waals surface area contributed by atoms with Gasteiger partial charge in [0, 0.05) is 46.2 Å². The predicted octanol–water partition coefficient (Wildman–Crippen LogP) is 5.10. The monoisotopic (exact) mass is 532 g/mol. The van der Waals surface area contributed by atoms with Crippen molar-refractivity contribution >= 4 is 38.5 Å². The normalized spacial score (nSPS) is 12.4. The fourth-order valence-corrected chi connectivity index (χ4v) is 6.47. The van der Waals surface area contributed by atoms with Gasteiger partial charge in [-0.05, 0) is 42.0 Å². The van der Waals surface area contributed by atoms with Crippen LogP contribution in [0.2, 0.25) is 0 Å². The van der Waals surface area contributed by atoms with Gasteiger partial charge in [-0.25, -0.2) is 22.2 Å². The van der Waals surface area contributed by atoms with E-state index in [1.165, 1.54) is 3.97 Å². The Hall–Kier alpha value is -3.99. The maximum atomic E-state index is 13.2. The number of carboxylic acid groups (broad SMARTS) is 1. The highest BCUT2D eigenvalue weighted by molar-refractivity contribution is 7.90. The van der Waals surface area contributed by atoms with Crippen LogP contribution >= 0.6 is 11.3 Å². The molecule has 0 radical (unpaired) electrons. The molecule has 0 aliphatic carbocycles. The van der Waals surface area contributed by atoms with Crippen molar-refractivity contribution in [2.45, 2.75) is 17.5 Å². The van der Waals surface area contributed by atoms with Gasteiger partial charge in [-0.2, -0.15) is 0 Å². The van der Waals surface area contributed by atoms with E-state index in [0.29, 0.717) is 12.2 Å². The lowest BCUT2D eigenvalue weighted by atomic mass is 10.1. The van der Waals surface area contributed by atoms with Gasteiger partial charge in [0.05, 0.1) is 10.9 Å². The van der Waals surface area contributed by atoms with Crippen LogP contribution in [0, 0.1) is 0 Å². The molecule has 1 unspecified atom stereocenters. The van der Waals surface area contributed by atoms with E-state index < -0.39 is 16.1 Å². The molecule has 0 saturated heterocycles. The fraction of sp³-hybridized carbons (Fsp3) is 0.111. The standard InChI is InChI=1S/C27H24N4O4S2/c32-27(33)30-18-24(19-7-3-1-4-8-19)29-17-20-11-12-25(36-20)22-13-15-28-26-23(22)14-16-31(26)37(34,35)21-9-5-2-6-10-21/h1-16,24,29-30H,17-18H2,(H,32,33). The summed E-state index contributed by atoms with van der Waals surface area (Å²) in [4.78, 5) is 17.7. The maximum Gasteiger partial charge on any atom is 0.404 e. The molecule has 3 aromatic heterocycles. The Labute approximate surface area is 218 Å². The summed E-state index contributed by atoms with van der Waals surface area (Å²) >= 11 is 1.59. The summed E-state index contributed by atoms with van der Waals surface area (Å²) in [5.74, 6) is 0. The lowest BCUT2D eigenvalue weighted by Gasteiger charge is -2.18. The molecule has 2 aromatic carbocycles. The van der Waals surface area contributed by atoms with Crippen LogP contribution in [0.25, 0.3) is 21.5 Å². The third kappa shape index (κ3) is 5.26. The van der Waals surface area contributed by atoms with Crippen LogP contribution in [0.3, 0.4) is 0 Å². The summed E-state index contributed by atoms with van der Waals surface area (Å²) in [7, 11) is -3.77. The van der Waals surface area contributed by atoms with Crippen molar-refractivity contribution in [1.29, 1.82) is 0 Å². The summed E-state index contributed by atoms with van der Waals surface area (Å²) in [5.41, 5.74) is 2.26. The van der Waals surface area contributed by atoms with Crippen molar-refractivity contribution in [3.05, 3.63) is 108 Å². The number of aromatic nitrogens is 2. The minimum Gasteiger partial charge on any atom is -0.465 e. The average Bonchev–Trinajstić information content (AvgIpc) is 3.57. The smallest absolute Gasteiger partial charge is 0.404 e. The Bertz CT molecular complexity index is 1630. The largest absolute Gasteiger partial charge is 0.465 e. The van der Waals surface area contributed by atoms with Crippen molar-refractivity contribution in [3.8, 4) is 10.4 Å². The van der Waals surface area contributed by atoms with Crippen LogP contribution in [-0.2, 0) is 16.6 Å². The SMILES string of the molecule is O=C(O)NCC(NCc1ccc(-c2ccnc3c2ccn3S(=O)(=O)c2ccccc2)s1)c1ccccc1. The topological polar surface area (TPSA) is 113 Å². The average molecular weight is 533 g/mol. The van der Waals surface area contributed by atoms with Crippen molar-refractivity contribution in [2.24, 2.45) is 0 Å². The zero-order valence-electron chi connectivity index (χ0n) is 19.6. The first-order valence-electron chi connectivity index (χ1n) is 11.5. The molecule has 0 fully saturated rings. The molecule has 0 bridgehead atoms. The van der Waals surface area contributed by atoms with Crippen LogP contribution in [0.4, 0.5) is 4.79 Å². The molecule has 0 spiro atoms. The number of nitrogens with zero attached hydrogens (tertiary/aromatic N) is 2. The lowest BCUT2D eigenvalue weighted by molar-refractivity contribution is 0.193. The Morgan fingerprint density at radius 1 is 0.973 bits per heavy atom. The number of amides is 1. The third-order valence-corrected chi connectivity index (χ3v) is 8.76. The minimum atomic E-state index is -3.77. The second-order valence-corrected chi connectivity index (χ2v) is 11.3. The number of nitrogens with one attached hydrogen (secondary N) is 2. The highest BCUT2D eigenvalue weighted by Crippen LogP contribution is 2.34. The van der Waals surface area contributed by atoms with E-state index >= 15 is 0 Å². The van der Waals surface area contributed by atoms with E-state index in [-0.39, 0.29) is 17.5 Å². The Morgan fingerprint density at radius 3 is 2.43 bits per heavy atom. The first-order chi connectivity index (χ1) is 17.9. The Morgan fingerprint density at radius 2 is 1.70 bits per heavy atom. The fourth-order valence-electron chi connectivity index (χ4n) is 4.15. The third-order valence-electron chi connectivity index (χ3n) is 5.96. The van der Waals surface area contributed by atoms with Crippen molar-refractivity contribution in [2.75, 3.05) is 6.54 Å². The maximum absolute atomic E-state index is 13.2. The number of benzene rings is 2. The minimum absolute atomic E-state index is 0.187. The first kappa shape index (κ1) is 24.7. The molecule has 0 aliphatic heterocycles. The first-order valence-corrected chi connectivity index (χ1v) is 13.8. The van der Waals surface area contributed by atoms with Gasteiger partial charge in [-0.15, -0.1) is 11.3 Å². The van der Waals surface area contributed by atoms with Crippen LogP contribution in [0.15, 0.2) is 102 Å². The second kappa shape index (κ2) is 10.6. The highest BCUT2D eigenvalue weighted by atomic mass is 32.2. The summed E-state index contributed by atoms with van der Waals surface area (Å²) in [6.07, 6.45) is 2.10. The molecule has 0 aliphatic rings. The van der Waals surface area contributed by atoms with Gasteiger partial charge in [-0.1, -0.05) is 48.5 Å². The van der Waals surface area contributed by atoms with Crippen molar-refractivity contribution in [1.82, 2.24) is 19.6 Å². The number of carbonyl (C=O) groups is 1. The summed E-state index contributed by atoms with van der Waals surface area (Å²) in [6.45, 7) is 0.787. The zero-order chi connectivity index (χ0) is 25.8. The van der Waals surface area contributed by atoms with E-state index in [0.717, 1.165) is 26.3 Å². The van der Waals surface area contributed by atoms with Crippen molar-refractivity contribution < 1.29 is 18.3 Å². The molecule has 1 amide bonds. The van der Waals surface area contributed by atoms with Gasteiger partial charge in [-0.3, -0.25) is 0 Å². The molecule has 5 aromatic rings. The summed E-state index contributed by atoms with van der Waals surface area (Å²) in [5, 5.41) is 15.7. The molecule has 3 N–H and O–H groups in total. The van der Waals surface area contributed by atoms with E-state index in [4.69, 9.17) is 5.11 Å². The molecule has 1 atom stereocenters. The van der Waals surface area contributed by atoms with E-state index in [1.807, 2.05) is 48.5 Å². The molecule has 37 heavy (non-hydrogen) atoms. The van der Waals surface area contributed by atoms with E-state index in [9.17, 15) is 13.2 Å². The molecular weight excluding hydrogens is 508 g/mol.